The summed E-state index contributed by atoms with van der Waals surface area (Å²) < 4.78 is 0. The number of hydrogen-bond acceptors (Lipinski definition) is 3. The van der Waals surface area contributed by atoms with Gasteiger partial charge in [0.05, 0.1) is 5.69 Å². The molecule has 0 atom stereocenters. The van der Waals surface area contributed by atoms with Crippen molar-refractivity contribution in [3.63, 3.8) is 0 Å². The van der Waals surface area contributed by atoms with E-state index in [4.69, 9.17) is 15.7 Å². The van der Waals surface area contributed by atoms with Gasteiger partial charge in [-0.1, -0.05) is 18.2 Å². The van der Waals surface area contributed by atoms with Gasteiger partial charge in [-0.25, -0.2) is 5.84 Å². The molecule has 0 saturated heterocycles. The number of nitrogens with zero attached hydrogens (tertiary/aromatic N) is 1. The van der Waals surface area contributed by atoms with Gasteiger partial charge in [0, 0.05) is 7.05 Å². The van der Waals surface area contributed by atoms with E-state index in [1.165, 1.54) is 0 Å². The summed E-state index contributed by atoms with van der Waals surface area (Å²) in [7, 11) is 1.81. The molecule has 0 bridgehead atoms. The molecule has 66 valence electrons. The van der Waals surface area contributed by atoms with Crippen LogP contribution in [0.2, 0.25) is 0 Å². The summed E-state index contributed by atoms with van der Waals surface area (Å²) in [4.78, 5) is 8.36. The van der Waals surface area contributed by atoms with Gasteiger partial charge in [0.1, 0.15) is 0 Å². The van der Waals surface area contributed by atoms with Crippen molar-refractivity contribution in [1.29, 1.82) is 0 Å². The SMILES string of the molecule is CN(N)c1ccccc1.O=CO. The molecule has 0 spiro atoms. The lowest BCUT2D eigenvalue weighted by Crippen LogP contribution is -2.24. The lowest BCUT2D eigenvalue weighted by atomic mass is 10.3. The number of carboxylic acid groups (broad SMARTS) is 1. The number of carbonyl (C=O) groups is 1. The van der Waals surface area contributed by atoms with Crippen LogP contribution in [0.4, 0.5) is 5.69 Å². The van der Waals surface area contributed by atoms with Gasteiger partial charge >= 0.3 is 0 Å². The van der Waals surface area contributed by atoms with Crippen molar-refractivity contribution in [3.8, 4) is 0 Å². The molecular formula is C8H12N2O2. The number of hydrazine groups is 1. The molecule has 1 aromatic rings. The van der Waals surface area contributed by atoms with E-state index in [2.05, 4.69) is 0 Å². The minimum atomic E-state index is -0.250. The second-order valence-electron chi connectivity index (χ2n) is 2.05. The Morgan fingerprint density at radius 1 is 1.42 bits per heavy atom. The summed E-state index contributed by atoms with van der Waals surface area (Å²) in [6.45, 7) is -0.250. The molecular weight excluding hydrogens is 156 g/mol. The van der Waals surface area contributed by atoms with Crippen molar-refractivity contribution in [2.24, 2.45) is 5.84 Å². The fraction of sp³-hybridized carbons (Fsp3) is 0.125. The van der Waals surface area contributed by atoms with E-state index in [1.807, 2.05) is 37.4 Å². The predicted molar refractivity (Wildman–Crippen MR) is 47.7 cm³/mol. The first kappa shape index (κ1) is 10.4. The summed E-state index contributed by atoms with van der Waals surface area (Å²) >= 11 is 0. The molecule has 0 aromatic heterocycles. The van der Waals surface area contributed by atoms with E-state index in [0.717, 1.165) is 5.69 Å². The molecule has 0 radical (unpaired) electrons. The monoisotopic (exact) mass is 168 g/mol. The quantitative estimate of drug-likeness (QED) is 0.368. The van der Waals surface area contributed by atoms with Crippen molar-refractivity contribution in [3.05, 3.63) is 30.3 Å². The Hall–Kier alpha value is -1.55. The van der Waals surface area contributed by atoms with Crippen LogP contribution in [0, 0.1) is 0 Å². The Morgan fingerprint density at radius 2 is 1.83 bits per heavy atom. The third-order valence-electron chi connectivity index (χ3n) is 1.16. The van der Waals surface area contributed by atoms with Crippen LogP contribution in [0.5, 0.6) is 0 Å². The van der Waals surface area contributed by atoms with Gasteiger partial charge in [-0.2, -0.15) is 0 Å². The van der Waals surface area contributed by atoms with Crippen molar-refractivity contribution in [2.75, 3.05) is 12.1 Å². The normalized spacial score (nSPS) is 7.83. The Labute approximate surface area is 71.2 Å². The molecule has 4 nitrogen and oxygen atoms in total. The minimum absolute atomic E-state index is 0.250. The summed E-state index contributed by atoms with van der Waals surface area (Å²) in [6, 6.07) is 9.80. The van der Waals surface area contributed by atoms with Crippen molar-refractivity contribution in [1.82, 2.24) is 0 Å². The maximum absolute atomic E-state index is 8.36. The van der Waals surface area contributed by atoms with Crippen molar-refractivity contribution < 1.29 is 9.90 Å². The highest BCUT2D eigenvalue weighted by Gasteiger charge is 1.88. The maximum atomic E-state index is 8.36. The van der Waals surface area contributed by atoms with Crippen LogP contribution in [-0.4, -0.2) is 18.6 Å². The van der Waals surface area contributed by atoms with Crippen LogP contribution in [0.1, 0.15) is 0 Å². The third kappa shape index (κ3) is 4.29. The van der Waals surface area contributed by atoms with Crippen LogP contribution < -0.4 is 10.9 Å². The lowest BCUT2D eigenvalue weighted by molar-refractivity contribution is -0.122. The first-order chi connectivity index (χ1) is 5.72. The van der Waals surface area contributed by atoms with Gasteiger partial charge in [0.15, 0.2) is 0 Å². The van der Waals surface area contributed by atoms with Gasteiger partial charge in [-0.3, -0.25) is 4.79 Å². The molecule has 0 amide bonds. The Balaban J connectivity index is 0.000000354. The first-order valence-electron chi connectivity index (χ1n) is 3.33. The molecule has 0 unspecified atom stereocenters. The molecule has 4 heteroatoms. The molecule has 12 heavy (non-hydrogen) atoms. The highest BCUT2D eigenvalue weighted by molar-refractivity contribution is 5.43. The fourth-order valence-corrected chi connectivity index (χ4v) is 0.663. The number of hydrogen-bond donors (Lipinski definition) is 2. The molecule has 3 N–H and O–H groups in total. The van der Waals surface area contributed by atoms with E-state index < -0.39 is 0 Å². The minimum Gasteiger partial charge on any atom is -0.483 e. The van der Waals surface area contributed by atoms with Gasteiger partial charge in [0.2, 0.25) is 0 Å². The van der Waals surface area contributed by atoms with Crippen molar-refractivity contribution >= 4 is 12.2 Å². The van der Waals surface area contributed by atoms with Gasteiger partial charge in [-0.05, 0) is 12.1 Å². The molecule has 1 rings (SSSR count). The Morgan fingerprint density at radius 3 is 2.08 bits per heavy atom. The second-order valence-corrected chi connectivity index (χ2v) is 2.05. The molecule has 0 fully saturated rings. The average Bonchev–Trinajstić information content (AvgIpc) is 2.07. The number of para-hydroxylation sites is 1. The highest BCUT2D eigenvalue weighted by Crippen LogP contribution is 2.05. The summed E-state index contributed by atoms with van der Waals surface area (Å²) in [6.07, 6.45) is 0. The van der Waals surface area contributed by atoms with Crippen LogP contribution in [0.3, 0.4) is 0 Å². The van der Waals surface area contributed by atoms with Crippen molar-refractivity contribution in [2.45, 2.75) is 0 Å². The van der Waals surface area contributed by atoms with Crippen LogP contribution in [-0.2, 0) is 4.79 Å². The maximum Gasteiger partial charge on any atom is 0.290 e. The average molecular weight is 168 g/mol. The topological polar surface area (TPSA) is 66.6 Å². The largest absolute Gasteiger partial charge is 0.483 e. The fourth-order valence-electron chi connectivity index (χ4n) is 0.663. The van der Waals surface area contributed by atoms with E-state index >= 15 is 0 Å². The molecule has 0 aliphatic carbocycles. The number of nitrogens with two attached hydrogens (primary N) is 1. The molecule has 0 aliphatic rings. The predicted octanol–water partition coefficient (Wildman–Crippen LogP) is 0.697. The van der Waals surface area contributed by atoms with E-state index in [9.17, 15) is 0 Å². The molecule has 0 saturated carbocycles. The van der Waals surface area contributed by atoms with Gasteiger partial charge in [-0.15, -0.1) is 0 Å². The molecule has 0 aliphatic heterocycles. The lowest BCUT2D eigenvalue weighted by Gasteiger charge is -2.09. The first-order valence-corrected chi connectivity index (χ1v) is 3.33. The van der Waals surface area contributed by atoms with Crippen LogP contribution in [0.25, 0.3) is 0 Å². The van der Waals surface area contributed by atoms with E-state index in [1.54, 1.807) is 5.01 Å². The summed E-state index contributed by atoms with van der Waals surface area (Å²) in [5.74, 6) is 5.45. The van der Waals surface area contributed by atoms with Gasteiger partial charge < -0.3 is 10.1 Å². The zero-order valence-electron chi connectivity index (χ0n) is 6.84. The highest BCUT2D eigenvalue weighted by atomic mass is 16.3. The zero-order chi connectivity index (χ0) is 9.40. The summed E-state index contributed by atoms with van der Waals surface area (Å²) in [5, 5.41) is 8.47. The molecule has 0 heterocycles. The number of anilines is 1. The number of benzene rings is 1. The summed E-state index contributed by atoms with van der Waals surface area (Å²) in [5.41, 5.74) is 1.03. The van der Waals surface area contributed by atoms with Gasteiger partial charge in [0.25, 0.3) is 6.47 Å². The van der Waals surface area contributed by atoms with Crippen LogP contribution in [0.15, 0.2) is 30.3 Å². The number of rotatable bonds is 1. The van der Waals surface area contributed by atoms with E-state index in [0.29, 0.717) is 0 Å². The standard InChI is InChI=1S/C7H10N2.CH2O2/c1-9(8)7-5-3-2-4-6-7;2-1-3/h2-6H,8H2,1H3;1H,(H,2,3). The third-order valence-corrected chi connectivity index (χ3v) is 1.16. The Bertz CT molecular complexity index is 212. The van der Waals surface area contributed by atoms with Crippen LogP contribution >= 0.6 is 0 Å². The smallest absolute Gasteiger partial charge is 0.290 e. The Kier molecular flexibility index (Phi) is 5.38. The zero-order valence-corrected chi connectivity index (χ0v) is 6.84. The molecule has 1 aromatic carbocycles. The van der Waals surface area contributed by atoms with E-state index in [-0.39, 0.29) is 6.47 Å². The second kappa shape index (κ2) is 6.18.